The lowest BCUT2D eigenvalue weighted by atomic mass is 10.0. The summed E-state index contributed by atoms with van der Waals surface area (Å²) in [6.45, 7) is 5.94. The van der Waals surface area contributed by atoms with Gasteiger partial charge in [-0.25, -0.2) is 0 Å². The van der Waals surface area contributed by atoms with E-state index >= 15 is 0 Å². The van der Waals surface area contributed by atoms with Gasteiger partial charge in [-0.15, -0.1) is 6.58 Å². The Kier molecular flexibility index (Phi) is 4.59. The third kappa shape index (κ3) is 3.41. The summed E-state index contributed by atoms with van der Waals surface area (Å²) in [6.07, 6.45) is 3.85. The van der Waals surface area contributed by atoms with Crippen molar-refractivity contribution in [1.82, 2.24) is 10.6 Å². The van der Waals surface area contributed by atoms with E-state index in [9.17, 15) is 9.90 Å². The molecule has 21 heavy (non-hydrogen) atoms. The molecule has 5 nitrogen and oxygen atoms in total. The van der Waals surface area contributed by atoms with E-state index in [-0.39, 0.29) is 16.8 Å². The second kappa shape index (κ2) is 6.41. The van der Waals surface area contributed by atoms with Crippen molar-refractivity contribution in [3.8, 4) is 11.5 Å². The van der Waals surface area contributed by atoms with Gasteiger partial charge in [0.05, 0.1) is 6.61 Å². The van der Waals surface area contributed by atoms with Gasteiger partial charge in [0.1, 0.15) is 5.70 Å². The minimum atomic E-state index is -0.281. The first-order valence-electron chi connectivity index (χ1n) is 6.48. The van der Waals surface area contributed by atoms with Crippen LogP contribution in [0.15, 0.2) is 30.5 Å². The quantitative estimate of drug-likeness (QED) is 0.440. The molecule has 3 N–H and O–H groups in total. The van der Waals surface area contributed by atoms with Crippen LogP contribution in [0.2, 0.25) is 0 Å². The number of ether oxygens (including phenoxy) is 1. The van der Waals surface area contributed by atoms with Crippen LogP contribution in [0.1, 0.15) is 18.1 Å². The Bertz CT molecular complexity index is 638. The van der Waals surface area contributed by atoms with Crippen LogP contribution >= 0.6 is 12.2 Å². The number of carbonyl (C=O) groups excluding carboxylic acids is 1. The number of hydrogen-bond donors (Lipinski definition) is 3. The van der Waals surface area contributed by atoms with Crippen molar-refractivity contribution in [3.63, 3.8) is 0 Å². The zero-order valence-electron chi connectivity index (χ0n) is 11.6. The average Bonchev–Trinajstić information content (AvgIpc) is 2.74. The van der Waals surface area contributed by atoms with Gasteiger partial charge in [0.25, 0.3) is 5.91 Å². The van der Waals surface area contributed by atoms with Crippen LogP contribution in [-0.4, -0.2) is 22.7 Å². The lowest BCUT2D eigenvalue weighted by molar-refractivity contribution is -0.115. The molecule has 6 heteroatoms. The van der Waals surface area contributed by atoms with Gasteiger partial charge in [-0.3, -0.25) is 10.1 Å². The largest absolute Gasteiger partial charge is 0.504 e. The van der Waals surface area contributed by atoms with Crippen LogP contribution < -0.4 is 15.4 Å². The van der Waals surface area contributed by atoms with Gasteiger partial charge in [-0.1, -0.05) is 6.08 Å². The minimum Gasteiger partial charge on any atom is -0.504 e. The topological polar surface area (TPSA) is 70.6 Å². The second-order valence-corrected chi connectivity index (χ2v) is 4.83. The molecular formula is C15H16N2O3S. The molecule has 110 valence electrons. The highest BCUT2D eigenvalue weighted by atomic mass is 32.1. The number of thiocarbonyl (C=S) groups is 1. The van der Waals surface area contributed by atoms with Gasteiger partial charge in [-0.2, -0.15) is 0 Å². The molecule has 1 amide bonds. The second-order valence-electron chi connectivity index (χ2n) is 4.42. The van der Waals surface area contributed by atoms with Crippen LogP contribution in [0.3, 0.4) is 0 Å². The highest BCUT2D eigenvalue weighted by molar-refractivity contribution is 7.80. The van der Waals surface area contributed by atoms with E-state index in [0.29, 0.717) is 30.0 Å². The Morgan fingerprint density at radius 3 is 2.76 bits per heavy atom. The zero-order chi connectivity index (χ0) is 15.4. The molecule has 0 radical (unpaired) electrons. The molecule has 1 fully saturated rings. The van der Waals surface area contributed by atoms with Crippen molar-refractivity contribution < 1.29 is 14.6 Å². The lowest BCUT2D eigenvalue weighted by Gasteiger charge is -2.11. The van der Waals surface area contributed by atoms with E-state index in [1.165, 1.54) is 0 Å². The van der Waals surface area contributed by atoms with Crippen molar-refractivity contribution in [2.45, 2.75) is 13.3 Å². The monoisotopic (exact) mass is 304 g/mol. The van der Waals surface area contributed by atoms with Crippen LogP contribution in [0.25, 0.3) is 6.08 Å². The third-order valence-electron chi connectivity index (χ3n) is 2.87. The first-order chi connectivity index (χ1) is 10.0. The Balaban J connectivity index is 2.43. The fourth-order valence-electron chi connectivity index (χ4n) is 2.00. The fourth-order valence-corrected chi connectivity index (χ4v) is 2.20. The number of nitrogens with one attached hydrogen (secondary N) is 2. The smallest absolute Gasteiger partial charge is 0.273 e. The van der Waals surface area contributed by atoms with Crippen molar-refractivity contribution in [3.05, 3.63) is 41.6 Å². The predicted molar refractivity (Wildman–Crippen MR) is 85.0 cm³/mol. The minimum absolute atomic E-state index is 0.0956. The molecule has 1 aromatic carbocycles. The Morgan fingerprint density at radius 2 is 2.19 bits per heavy atom. The van der Waals surface area contributed by atoms with Gasteiger partial charge >= 0.3 is 0 Å². The van der Waals surface area contributed by atoms with Gasteiger partial charge in [0.15, 0.2) is 16.6 Å². The van der Waals surface area contributed by atoms with E-state index in [2.05, 4.69) is 17.2 Å². The first kappa shape index (κ1) is 15.1. The normalized spacial score (nSPS) is 15.8. The number of benzene rings is 1. The summed E-state index contributed by atoms with van der Waals surface area (Å²) in [5.41, 5.74) is 1.77. The van der Waals surface area contributed by atoms with Crippen molar-refractivity contribution in [1.29, 1.82) is 0 Å². The molecule has 1 aromatic rings. The van der Waals surface area contributed by atoms with Crippen molar-refractivity contribution in [2.75, 3.05) is 6.61 Å². The molecule has 0 aliphatic carbocycles. The lowest BCUT2D eigenvalue weighted by Crippen LogP contribution is -2.21. The predicted octanol–water partition coefficient (Wildman–Crippen LogP) is 1.86. The van der Waals surface area contributed by atoms with Crippen molar-refractivity contribution in [2.24, 2.45) is 0 Å². The molecule has 0 unspecified atom stereocenters. The van der Waals surface area contributed by atoms with Gasteiger partial charge in [-0.05, 0) is 49.3 Å². The molecule has 2 rings (SSSR count). The third-order valence-corrected chi connectivity index (χ3v) is 3.08. The number of phenolic OH excluding ortho intramolecular Hbond substituents is 1. The van der Waals surface area contributed by atoms with Gasteiger partial charge < -0.3 is 15.2 Å². The maximum Gasteiger partial charge on any atom is 0.273 e. The van der Waals surface area contributed by atoms with Crippen LogP contribution in [-0.2, 0) is 11.2 Å². The molecule has 0 atom stereocenters. The Morgan fingerprint density at radius 1 is 1.43 bits per heavy atom. The molecule has 1 aliphatic rings. The van der Waals surface area contributed by atoms with E-state index in [4.69, 9.17) is 17.0 Å². The van der Waals surface area contributed by atoms with E-state index < -0.39 is 0 Å². The molecule has 0 bridgehead atoms. The SMILES string of the molecule is C=CCc1cc(/C=C2/NC(=S)NC2=O)cc(OCC)c1O. The van der Waals surface area contributed by atoms with Crippen LogP contribution in [0, 0.1) is 0 Å². The number of carbonyl (C=O) groups is 1. The average molecular weight is 304 g/mol. The Hall–Kier alpha value is -2.34. The maximum absolute atomic E-state index is 11.7. The number of allylic oxidation sites excluding steroid dienone is 1. The van der Waals surface area contributed by atoms with Crippen LogP contribution in [0.4, 0.5) is 0 Å². The highest BCUT2D eigenvalue weighted by Crippen LogP contribution is 2.33. The molecule has 1 heterocycles. The van der Waals surface area contributed by atoms with E-state index in [1.807, 2.05) is 6.92 Å². The number of phenols is 1. The van der Waals surface area contributed by atoms with Gasteiger partial charge in [0, 0.05) is 5.56 Å². The number of aromatic hydroxyl groups is 1. The summed E-state index contributed by atoms with van der Waals surface area (Å²) >= 11 is 4.88. The maximum atomic E-state index is 11.7. The van der Waals surface area contributed by atoms with Gasteiger partial charge in [0.2, 0.25) is 0 Å². The van der Waals surface area contributed by atoms with E-state index in [0.717, 1.165) is 5.56 Å². The summed E-state index contributed by atoms with van der Waals surface area (Å²) in [5.74, 6) is 0.194. The highest BCUT2D eigenvalue weighted by Gasteiger charge is 2.20. The summed E-state index contributed by atoms with van der Waals surface area (Å²) in [4.78, 5) is 11.7. The number of rotatable bonds is 5. The van der Waals surface area contributed by atoms with Crippen molar-refractivity contribution >= 4 is 29.3 Å². The zero-order valence-corrected chi connectivity index (χ0v) is 12.4. The molecule has 0 aromatic heterocycles. The first-order valence-corrected chi connectivity index (χ1v) is 6.89. The summed E-state index contributed by atoms with van der Waals surface area (Å²) in [7, 11) is 0. The summed E-state index contributed by atoms with van der Waals surface area (Å²) < 4.78 is 5.42. The molecular weight excluding hydrogens is 288 g/mol. The molecule has 0 saturated carbocycles. The number of hydrogen-bond acceptors (Lipinski definition) is 4. The molecule has 1 saturated heterocycles. The Labute approximate surface area is 128 Å². The van der Waals surface area contributed by atoms with E-state index in [1.54, 1.807) is 24.3 Å². The molecule has 1 aliphatic heterocycles. The standard InChI is InChI=1S/C15H16N2O3S/c1-3-5-10-6-9(8-12(13(10)18)20-4-2)7-11-14(19)17-15(21)16-11/h3,6-8,18H,1,4-5H2,2H3,(H2,16,17,19,21)/b11-7+. The summed E-state index contributed by atoms with van der Waals surface area (Å²) in [5, 5.41) is 15.7. The summed E-state index contributed by atoms with van der Waals surface area (Å²) in [6, 6.07) is 3.46. The number of amides is 1. The fraction of sp³-hybridized carbons (Fsp3) is 0.200. The molecule has 0 spiro atoms. The van der Waals surface area contributed by atoms with Crippen LogP contribution in [0.5, 0.6) is 11.5 Å².